The van der Waals surface area contributed by atoms with E-state index in [0.29, 0.717) is 11.4 Å². The Morgan fingerprint density at radius 2 is 1.73 bits per heavy atom. The molecule has 0 radical (unpaired) electrons. The fraction of sp³-hybridized carbons (Fsp3) is 0.143. The molecule has 1 aromatic carbocycles. The number of carbonyl (C=O) groups excluding carboxylic acids is 1. The maximum atomic E-state index is 11.9. The van der Waals surface area contributed by atoms with Crippen LogP contribution in [0.1, 0.15) is 0 Å². The zero-order valence-electron chi connectivity index (χ0n) is 11.8. The van der Waals surface area contributed by atoms with E-state index in [0.717, 1.165) is 6.26 Å². The van der Waals surface area contributed by atoms with Crippen molar-refractivity contribution in [1.82, 2.24) is 4.57 Å². The average Bonchev–Trinajstić information content (AvgIpc) is 2.42. The number of nitrogens with zero attached hydrogens (tertiary/aromatic N) is 1. The molecular formula is C14H15N3O4S. The van der Waals surface area contributed by atoms with E-state index >= 15 is 0 Å². The first kappa shape index (κ1) is 15.8. The van der Waals surface area contributed by atoms with Gasteiger partial charge in [-0.15, -0.1) is 0 Å². The molecule has 0 bridgehead atoms. The molecule has 1 amide bonds. The van der Waals surface area contributed by atoms with Crippen LogP contribution in [0.3, 0.4) is 0 Å². The normalized spacial score (nSPS) is 11.0. The number of carbonyl (C=O) groups is 1. The number of aromatic nitrogens is 1. The van der Waals surface area contributed by atoms with E-state index in [1.165, 1.54) is 29.0 Å². The van der Waals surface area contributed by atoms with Crippen LogP contribution in [-0.4, -0.2) is 25.1 Å². The molecule has 2 N–H and O–H groups in total. The first-order chi connectivity index (χ1) is 10.3. The second-order valence-corrected chi connectivity index (χ2v) is 6.41. The fourth-order valence-electron chi connectivity index (χ4n) is 1.78. The molecule has 0 saturated heterocycles. The number of hydrogen-bond acceptors (Lipinski definition) is 4. The second kappa shape index (κ2) is 6.44. The van der Waals surface area contributed by atoms with E-state index < -0.39 is 10.0 Å². The van der Waals surface area contributed by atoms with Gasteiger partial charge in [0.05, 0.1) is 6.26 Å². The summed E-state index contributed by atoms with van der Waals surface area (Å²) in [6.45, 7) is -0.0942. The van der Waals surface area contributed by atoms with E-state index in [2.05, 4.69) is 10.0 Å². The quantitative estimate of drug-likeness (QED) is 0.853. The predicted molar refractivity (Wildman–Crippen MR) is 84.2 cm³/mol. The van der Waals surface area contributed by atoms with Crippen LogP contribution in [0.25, 0.3) is 0 Å². The molecule has 0 aliphatic carbocycles. The fourth-order valence-corrected chi connectivity index (χ4v) is 2.35. The number of amides is 1. The van der Waals surface area contributed by atoms with Crippen molar-refractivity contribution >= 4 is 27.3 Å². The third kappa shape index (κ3) is 4.74. The smallest absolute Gasteiger partial charge is 0.250 e. The minimum absolute atomic E-state index is 0.0942. The third-order valence-electron chi connectivity index (χ3n) is 2.68. The van der Waals surface area contributed by atoms with Crippen molar-refractivity contribution in [3.05, 3.63) is 59.0 Å². The van der Waals surface area contributed by atoms with Gasteiger partial charge in [0, 0.05) is 23.6 Å². The molecule has 7 nitrogen and oxygen atoms in total. The Morgan fingerprint density at radius 1 is 1.09 bits per heavy atom. The van der Waals surface area contributed by atoms with Gasteiger partial charge in [-0.2, -0.15) is 0 Å². The standard InChI is InChI=1S/C14H15N3O4S/c1-22(20,21)16-12-7-5-11(6-8-12)15-13(18)10-17-9-3-2-4-14(17)19/h2-9,16H,10H2,1H3,(H,15,18). The Hall–Kier alpha value is -2.61. The lowest BCUT2D eigenvalue weighted by Gasteiger charge is -2.08. The van der Waals surface area contributed by atoms with Gasteiger partial charge in [0.1, 0.15) is 6.54 Å². The Balaban J connectivity index is 2.00. The molecule has 1 heterocycles. The maximum absolute atomic E-state index is 11.9. The van der Waals surface area contributed by atoms with Gasteiger partial charge in [0.15, 0.2) is 0 Å². The van der Waals surface area contributed by atoms with Gasteiger partial charge in [0.25, 0.3) is 5.56 Å². The molecule has 8 heteroatoms. The largest absolute Gasteiger partial charge is 0.325 e. The van der Waals surface area contributed by atoms with Gasteiger partial charge in [0.2, 0.25) is 15.9 Å². The summed E-state index contributed by atoms with van der Waals surface area (Å²) >= 11 is 0. The average molecular weight is 321 g/mol. The summed E-state index contributed by atoms with van der Waals surface area (Å²) in [5, 5.41) is 2.63. The maximum Gasteiger partial charge on any atom is 0.250 e. The van der Waals surface area contributed by atoms with Gasteiger partial charge in [-0.1, -0.05) is 6.07 Å². The molecule has 0 fully saturated rings. The SMILES string of the molecule is CS(=O)(=O)Nc1ccc(NC(=O)Cn2ccccc2=O)cc1. The summed E-state index contributed by atoms with van der Waals surface area (Å²) in [7, 11) is -3.33. The van der Waals surface area contributed by atoms with Crippen molar-refractivity contribution in [2.45, 2.75) is 6.54 Å². The topological polar surface area (TPSA) is 97.3 Å². The van der Waals surface area contributed by atoms with E-state index in [4.69, 9.17) is 0 Å². The number of anilines is 2. The summed E-state index contributed by atoms with van der Waals surface area (Å²) in [6.07, 6.45) is 2.58. The Kier molecular flexibility index (Phi) is 4.62. The van der Waals surface area contributed by atoms with Crippen molar-refractivity contribution in [3.63, 3.8) is 0 Å². The number of nitrogens with one attached hydrogen (secondary N) is 2. The van der Waals surface area contributed by atoms with Crippen LogP contribution in [0, 0.1) is 0 Å². The van der Waals surface area contributed by atoms with Crippen molar-refractivity contribution < 1.29 is 13.2 Å². The summed E-state index contributed by atoms with van der Waals surface area (Å²) in [5.41, 5.74) is 0.651. The number of benzene rings is 1. The molecule has 22 heavy (non-hydrogen) atoms. The Morgan fingerprint density at radius 3 is 2.32 bits per heavy atom. The summed E-state index contributed by atoms with van der Waals surface area (Å²) in [6, 6.07) is 10.8. The number of hydrogen-bond donors (Lipinski definition) is 2. The molecule has 116 valence electrons. The summed E-state index contributed by atoms with van der Waals surface area (Å²) in [4.78, 5) is 23.4. The third-order valence-corrected chi connectivity index (χ3v) is 3.29. The van der Waals surface area contributed by atoms with Crippen molar-refractivity contribution in [1.29, 1.82) is 0 Å². The lowest BCUT2D eigenvalue weighted by molar-refractivity contribution is -0.116. The highest BCUT2D eigenvalue weighted by molar-refractivity contribution is 7.92. The monoisotopic (exact) mass is 321 g/mol. The molecule has 0 aliphatic rings. The Bertz CT molecular complexity index is 826. The van der Waals surface area contributed by atoms with Gasteiger partial charge in [-0.25, -0.2) is 8.42 Å². The molecule has 0 spiro atoms. The van der Waals surface area contributed by atoms with Crippen LogP contribution in [0.5, 0.6) is 0 Å². The van der Waals surface area contributed by atoms with Crippen LogP contribution in [0.4, 0.5) is 11.4 Å². The Labute approximate surface area is 127 Å². The lowest BCUT2D eigenvalue weighted by Crippen LogP contribution is -2.26. The van der Waals surface area contributed by atoms with Gasteiger partial charge in [-0.05, 0) is 30.3 Å². The van der Waals surface area contributed by atoms with Crippen LogP contribution >= 0.6 is 0 Å². The highest BCUT2D eigenvalue weighted by Gasteiger charge is 2.05. The number of pyridine rings is 1. The van der Waals surface area contributed by atoms with E-state index in [9.17, 15) is 18.0 Å². The first-order valence-corrected chi connectivity index (χ1v) is 8.26. The van der Waals surface area contributed by atoms with E-state index in [1.54, 1.807) is 24.3 Å². The predicted octanol–water partition coefficient (Wildman–Crippen LogP) is 0.858. The van der Waals surface area contributed by atoms with Crippen LogP contribution < -0.4 is 15.6 Å². The molecule has 0 unspecified atom stereocenters. The minimum atomic E-state index is -3.33. The first-order valence-electron chi connectivity index (χ1n) is 6.37. The molecule has 0 aliphatic heterocycles. The highest BCUT2D eigenvalue weighted by Crippen LogP contribution is 2.14. The van der Waals surface area contributed by atoms with Crippen molar-refractivity contribution in [2.75, 3.05) is 16.3 Å². The van der Waals surface area contributed by atoms with E-state index in [-0.39, 0.29) is 18.0 Å². The molecule has 2 aromatic rings. The number of rotatable bonds is 5. The van der Waals surface area contributed by atoms with Crippen LogP contribution in [-0.2, 0) is 21.4 Å². The summed E-state index contributed by atoms with van der Waals surface area (Å²) in [5.74, 6) is -0.350. The zero-order valence-corrected chi connectivity index (χ0v) is 12.6. The van der Waals surface area contributed by atoms with Gasteiger partial charge >= 0.3 is 0 Å². The van der Waals surface area contributed by atoms with E-state index in [1.807, 2.05) is 0 Å². The van der Waals surface area contributed by atoms with Gasteiger partial charge < -0.3 is 9.88 Å². The second-order valence-electron chi connectivity index (χ2n) is 4.67. The van der Waals surface area contributed by atoms with Crippen LogP contribution in [0.15, 0.2) is 53.5 Å². The lowest BCUT2D eigenvalue weighted by atomic mass is 10.3. The molecule has 0 saturated carbocycles. The minimum Gasteiger partial charge on any atom is -0.325 e. The molecular weight excluding hydrogens is 306 g/mol. The summed E-state index contributed by atoms with van der Waals surface area (Å²) < 4.78 is 25.8. The van der Waals surface area contributed by atoms with Crippen molar-refractivity contribution in [3.8, 4) is 0 Å². The molecule has 2 rings (SSSR count). The van der Waals surface area contributed by atoms with Crippen LogP contribution in [0.2, 0.25) is 0 Å². The number of sulfonamides is 1. The van der Waals surface area contributed by atoms with Crippen molar-refractivity contribution in [2.24, 2.45) is 0 Å². The van der Waals surface area contributed by atoms with Gasteiger partial charge in [-0.3, -0.25) is 14.3 Å². The highest BCUT2D eigenvalue weighted by atomic mass is 32.2. The zero-order chi connectivity index (χ0) is 16.2. The molecule has 0 atom stereocenters. The molecule has 1 aromatic heterocycles.